The Morgan fingerprint density at radius 1 is 0.855 bits per heavy atom. The number of carbonyl (C=O) groups is 3. The smallest absolute Gasteiger partial charge is 0.325 e. The molecule has 1 aliphatic carbocycles. The number of nitrogens with zero attached hydrogens (tertiary/aromatic N) is 1. The molecule has 296 valence electrons. The standard InChI is InChI=1S/C44H58N4O7/c1-5-53-40(50)26-46-43(52)45-25-30-10-8-12-33(22-30)34-13-9-14-35(23-34)42-54-36(24-39(55-42)32-18-16-29(28-49)17-19-32)27-48-37-15-7-6-11-31(37)20-21-38(48)41(51)47-44(2,3)4/h8-10,12-14,16-19,22-23,31,36-39,42,49H,5-7,11,15,20-21,24-28H2,1-4H3,(H,47,51)(H2,45,46,52)/t31-,36+,37-,38-,39-,42-/m1/s1. The van der Waals surface area contributed by atoms with Gasteiger partial charge in [-0.1, -0.05) is 73.5 Å². The van der Waals surface area contributed by atoms with Crippen molar-refractivity contribution in [2.45, 2.75) is 122 Å². The zero-order chi connectivity index (χ0) is 39.0. The minimum atomic E-state index is -0.650. The van der Waals surface area contributed by atoms with Crippen LogP contribution in [0.15, 0.2) is 72.8 Å². The third kappa shape index (κ3) is 10.9. The van der Waals surface area contributed by atoms with Gasteiger partial charge >= 0.3 is 12.0 Å². The normalized spacial score (nSPS) is 24.3. The Kier molecular flexibility index (Phi) is 13.6. The molecule has 0 bridgehead atoms. The molecule has 55 heavy (non-hydrogen) atoms. The Labute approximate surface area is 325 Å². The van der Waals surface area contributed by atoms with Crippen LogP contribution in [0.1, 0.15) is 107 Å². The molecule has 3 fully saturated rings. The lowest BCUT2D eigenvalue weighted by Gasteiger charge is -2.50. The quantitative estimate of drug-likeness (QED) is 0.150. The molecule has 3 aromatic carbocycles. The summed E-state index contributed by atoms with van der Waals surface area (Å²) in [6, 6.07) is 23.7. The fourth-order valence-electron chi connectivity index (χ4n) is 8.33. The summed E-state index contributed by atoms with van der Waals surface area (Å²) in [5.41, 5.74) is 5.28. The van der Waals surface area contributed by atoms with Gasteiger partial charge in [-0.2, -0.15) is 0 Å². The molecule has 0 spiro atoms. The minimum Gasteiger partial charge on any atom is -0.465 e. The van der Waals surface area contributed by atoms with Gasteiger partial charge < -0.3 is 35.3 Å². The number of piperidine rings is 1. The molecule has 2 heterocycles. The number of amides is 3. The number of carbonyl (C=O) groups excluding carboxylic acids is 3. The number of esters is 1. The van der Waals surface area contributed by atoms with Crippen LogP contribution >= 0.6 is 0 Å². The summed E-state index contributed by atoms with van der Waals surface area (Å²) < 4.78 is 18.5. The molecule has 0 radical (unpaired) electrons. The first-order valence-corrected chi connectivity index (χ1v) is 19.9. The molecule has 0 unspecified atom stereocenters. The molecule has 0 aromatic heterocycles. The van der Waals surface area contributed by atoms with Crippen molar-refractivity contribution < 1.29 is 33.7 Å². The topological polar surface area (TPSA) is 138 Å². The Balaban J connectivity index is 1.22. The average Bonchev–Trinajstić information content (AvgIpc) is 3.19. The Bertz CT molecular complexity index is 1760. The SMILES string of the molecule is CCOC(=O)CNC(=O)NCc1cccc(-c2cccc([C@@H]3O[C@H](CN4[C@@H](C(=O)NC(C)(C)C)CC[C@H]5CCCC[C@H]54)C[C@H](c4ccc(CO)cc4)O3)c2)c1. The maximum atomic E-state index is 13.8. The minimum absolute atomic E-state index is 0.0254. The van der Waals surface area contributed by atoms with Crippen molar-refractivity contribution >= 4 is 17.9 Å². The van der Waals surface area contributed by atoms with E-state index in [2.05, 4.69) is 26.9 Å². The first-order chi connectivity index (χ1) is 26.5. The third-order valence-corrected chi connectivity index (χ3v) is 10.9. The van der Waals surface area contributed by atoms with Crippen LogP contribution in [0.3, 0.4) is 0 Å². The number of nitrogens with one attached hydrogen (secondary N) is 3. The monoisotopic (exact) mass is 754 g/mol. The van der Waals surface area contributed by atoms with Crippen molar-refractivity contribution in [2.24, 2.45) is 5.92 Å². The van der Waals surface area contributed by atoms with Gasteiger partial charge in [0.2, 0.25) is 5.91 Å². The van der Waals surface area contributed by atoms with Crippen molar-refractivity contribution in [1.82, 2.24) is 20.9 Å². The van der Waals surface area contributed by atoms with Crippen molar-refractivity contribution in [3.8, 4) is 11.1 Å². The molecule has 11 heteroatoms. The second-order valence-corrected chi connectivity index (χ2v) is 16.2. The molecule has 3 aromatic rings. The number of rotatable bonds is 12. The van der Waals surface area contributed by atoms with Gasteiger partial charge in [0.1, 0.15) is 6.54 Å². The predicted molar refractivity (Wildman–Crippen MR) is 211 cm³/mol. The van der Waals surface area contributed by atoms with Crippen molar-refractivity contribution in [3.05, 3.63) is 95.1 Å². The molecule has 2 aliphatic heterocycles. The van der Waals surface area contributed by atoms with Crippen LogP contribution in [-0.4, -0.2) is 71.3 Å². The summed E-state index contributed by atoms with van der Waals surface area (Å²) in [4.78, 5) is 40.2. The van der Waals surface area contributed by atoms with Gasteiger partial charge in [0.25, 0.3) is 0 Å². The molecule has 3 aliphatic rings. The molecule has 1 saturated carbocycles. The Morgan fingerprint density at radius 3 is 2.35 bits per heavy atom. The first kappa shape index (κ1) is 40.4. The van der Waals surface area contributed by atoms with E-state index in [1.165, 1.54) is 19.3 Å². The number of fused-ring (bicyclic) bond motifs is 1. The number of likely N-dealkylation sites (tertiary alicyclic amines) is 1. The van der Waals surface area contributed by atoms with Crippen LogP contribution in [0.4, 0.5) is 4.79 Å². The van der Waals surface area contributed by atoms with Gasteiger partial charge in [-0.15, -0.1) is 0 Å². The van der Waals surface area contributed by atoms with Crippen LogP contribution in [0.5, 0.6) is 0 Å². The van der Waals surface area contributed by atoms with Crippen LogP contribution in [0, 0.1) is 5.92 Å². The second-order valence-electron chi connectivity index (χ2n) is 16.2. The van der Waals surface area contributed by atoms with Crippen LogP contribution < -0.4 is 16.0 Å². The number of aliphatic hydroxyl groups is 1. The van der Waals surface area contributed by atoms with Crippen LogP contribution in [0.25, 0.3) is 11.1 Å². The molecule has 2 saturated heterocycles. The molecule has 6 rings (SSSR count). The molecule has 4 N–H and O–H groups in total. The number of benzene rings is 3. The highest BCUT2D eigenvalue weighted by molar-refractivity contribution is 5.82. The van der Waals surface area contributed by atoms with E-state index in [4.69, 9.17) is 14.2 Å². The van der Waals surface area contributed by atoms with Crippen molar-refractivity contribution in [3.63, 3.8) is 0 Å². The summed E-state index contributed by atoms with van der Waals surface area (Å²) in [6.45, 7) is 8.79. The fourth-order valence-corrected chi connectivity index (χ4v) is 8.33. The lowest BCUT2D eigenvalue weighted by atomic mass is 9.75. The maximum absolute atomic E-state index is 13.8. The van der Waals surface area contributed by atoms with E-state index in [1.807, 2.05) is 87.5 Å². The van der Waals surface area contributed by atoms with Gasteiger partial charge in [0.15, 0.2) is 6.29 Å². The maximum Gasteiger partial charge on any atom is 0.325 e. The Hall–Kier alpha value is -4.29. The zero-order valence-electron chi connectivity index (χ0n) is 32.7. The molecule has 3 amide bonds. The van der Waals surface area contributed by atoms with Crippen LogP contribution in [0.2, 0.25) is 0 Å². The zero-order valence-corrected chi connectivity index (χ0v) is 32.7. The number of hydrogen-bond donors (Lipinski definition) is 4. The van der Waals surface area contributed by atoms with E-state index in [-0.39, 0.29) is 56.0 Å². The summed E-state index contributed by atoms with van der Waals surface area (Å²) in [7, 11) is 0. The van der Waals surface area contributed by atoms with E-state index >= 15 is 0 Å². The van der Waals surface area contributed by atoms with E-state index in [0.717, 1.165) is 52.6 Å². The predicted octanol–water partition coefficient (Wildman–Crippen LogP) is 6.69. The average molecular weight is 755 g/mol. The highest BCUT2D eigenvalue weighted by Crippen LogP contribution is 2.42. The second kappa shape index (κ2) is 18.6. The van der Waals surface area contributed by atoms with Gasteiger partial charge in [-0.05, 0) is 99.2 Å². The summed E-state index contributed by atoms with van der Waals surface area (Å²) in [5.74, 6) is 0.199. The number of hydrogen-bond acceptors (Lipinski definition) is 8. The Morgan fingerprint density at radius 2 is 1.60 bits per heavy atom. The number of aliphatic hydroxyl groups excluding tert-OH is 1. The van der Waals surface area contributed by atoms with Crippen molar-refractivity contribution in [2.75, 3.05) is 19.7 Å². The summed E-state index contributed by atoms with van der Waals surface area (Å²) in [5, 5.41) is 18.3. The third-order valence-electron chi connectivity index (χ3n) is 10.9. The first-order valence-electron chi connectivity index (χ1n) is 19.9. The molecule has 11 nitrogen and oxygen atoms in total. The summed E-state index contributed by atoms with van der Waals surface area (Å²) in [6.07, 6.45) is 6.19. The van der Waals surface area contributed by atoms with Crippen LogP contribution in [-0.2, 0) is 37.0 Å². The highest BCUT2D eigenvalue weighted by atomic mass is 16.7. The van der Waals surface area contributed by atoms with E-state index in [0.29, 0.717) is 24.9 Å². The van der Waals surface area contributed by atoms with Gasteiger partial charge in [-0.3, -0.25) is 14.5 Å². The number of urea groups is 1. The number of ether oxygens (including phenoxy) is 3. The molecular weight excluding hydrogens is 697 g/mol. The van der Waals surface area contributed by atoms with Gasteiger partial charge in [-0.25, -0.2) is 4.79 Å². The highest BCUT2D eigenvalue weighted by Gasteiger charge is 2.44. The van der Waals surface area contributed by atoms with E-state index in [9.17, 15) is 19.5 Å². The lowest BCUT2D eigenvalue weighted by Crippen LogP contribution is -2.61. The molecule has 6 atom stereocenters. The lowest BCUT2D eigenvalue weighted by molar-refractivity contribution is -0.255. The molecular formula is C44H58N4O7. The van der Waals surface area contributed by atoms with Gasteiger partial charge in [0, 0.05) is 36.7 Å². The largest absolute Gasteiger partial charge is 0.465 e. The van der Waals surface area contributed by atoms with E-state index < -0.39 is 18.3 Å². The summed E-state index contributed by atoms with van der Waals surface area (Å²) >= 11 is 0. The fraction of sp³-hybridized carbons (Fsp3) is 0.523. The van der Waals surface area contributed by atoms with Gasteiger partial charge in [0.05, 0.1) is 31.5 Å². The van der Waals surface area contributed by atoms with Crippen molar-refractivity contribution in [1.29, 1.82) is 0 Å². The van der Waals surface area contributed by atoms with E-state index in [1.54, 1.807) is 6.92 Å².